The van der Waals surface area contributed by atoms with Gasteiger partial charge in [0.2, 0.25) is 0 Å². The highest BCUT2D eigenvalue weighted by Crippen LogP contribution is 2.12. The van der Waals surface area contributed by atoms with E-state index in [-0.39, 0.29) is 0 Å². The van der Waals surface area contributed by atoms with Crippen molar-refractivity contribution in [1.82, 2.24) is 5.32 Å². The quantitative estimate of drug-likeness (QED) is 0.869. The van der Waals surface area contributed by atoms with Crippen LogP contribution in [0, 0.1) is 13.8 Å². The van der Waals surface area contributed by atoms with Gasteiger partial charge in [-0.1, -0.05) is 40.7 Å². The van der Waals surface area contributed by atoms with Crippen LogP contribution in [-0.2, 0) is 6.54 Å². The minimum absolute atomic E-state index is 0.813. The third kappa shape index (κ3) is 3.28. The Hall–Kier alpha value is -0.600. The van der Waals surface area contributed by atoms with Crippen molar-refractivity contribution in [3.63, 3.8) is 0 Å². The lowest BCUT2D eigenvalue weighted by molar-refractivity contribution is 0.749. The molecule has 0 spiro atoms. The SMILES string of the molecule is C=C(Br)CNCc1c(C)cccc1C. The van der Waals surface area contributed by atoms with Crippen LogP contribution in [-0.4, -0.2) is 6.54 Å². The van der Waals surface area contributed by atoms with Crippen molar-refractivity contribution in [3.05, 3.63) is 46.0 Å². The van der Waals surface area contributed by atoms with E-state index in [1.165, 1.54) is 16.7 Å². The molecule has 0 radical (unpaired) electrons. The first-order valence-corrected chi connectivity index (χ1v) is 5.49. The fraction of sp³-hybridized carbons (Fsp3) is 0.333. The lowest BCUT2D eigenvalue weighted by atomic mass is 10.0. The molecule has 0 unspecified atom stereocenters. The molecule has 0 saturated heterocycles. The van der Waals surface area contributed by atoms with Crippen molar-refractivity contribution >= 4 is 15.9 Å². The van der Waals surface area contributed by atoms with Gasteiger partial charge in [-0.3, -0.25) is 0 Å². The van der Waals surface area contributed by atoms with Gasteiger partial charge in [0.15, 0.2) is 0 Å². The van der Waals surface area contributed by atoms with Crippen molar-refractivity contribution < 1.29 is 0 Å². The van der Waals surface area contributed by atoms with Crippen LogP contribution < -0.4 is 5.32 Å². The van der Waals surface area contributed by atoms with E-state index in [0.717, 1.165) is 17.6 Å². The molecule has 14 heavy (non-hydrogen) atoms. The molecule has 0 aromatic heterocycles. The maximum absolute atomic E-state index is 3.79. The predicted octanol–water partition coefficient (Wildman–Crippen LogP) is 3.30. The summed E-state index contributed by atoms with van der Waals surface area (Å²) in [4.78, 5) is 0. The lowest BCUT2D eigenvalue weighted by Crippen LogP contribution is -2.16. The number of halogens is 1. The van der Waals surface area contributed by atoms with Crippen LogP contribution >= 0.6 is 15.9 Å². The van der Waals surface area contributed by atoms with E-state index in [9.17, 15) is 0 Å². The molecule has 1 nitrogen and oxygen atoms in total. The molecule has 0 atom stereocenters. The molecule has 1 rings (SSSR count). The van der Waals surface area contributed by atoms with Crippen LogP contribution in [0.5, 0.6) is 0 Å². The average molecular weight is 254 g/mol. The second-order valence-electron chi connectivity index (χ2n) is 3.49. The summed E-state index contributed by atoms with van der Waals surface area (Å²) in [7, 11) is 0. The molecule has 0 aliphatic carbocycles. The summed E-state index contributed by atoms with van der Waals surface area (Å²) in [5, 5.41) is 3.34. The minimum atomic E-state index is 0.813. The highest BCUT2D eigenvalue weighted by molar-refractivity contribution is 9.11. The third-order valence-electron chi connectivity index (χ3n) is 2.26. The van der Waals surface area contributed by atoms with Gasteiger partial charge in [-0.2, -0.15) is 0 Å². The summed E-state index contributed by atoms with van der Waals surface area (Å²) in [6.45, 7) is 9.80. The molecule has 0 bridgehead atoms. The number of nitrogens with one attached hydrogen (secondary N) is 1. The van der Waals surface area contributed by atoms with Gasteiger partial charge in [0.25, 0.3) is 0 Å². The predicted molar refractivity (Wildman–Crippen MR) is 65.7 cm³/mol. The summed E-state index contributed by atoms with van der Waals surface area (Å²) >= 11 is 3.33. The smallest absolute Gasteiger partial charge is 0.0268 e. The minimum Gasteiger partial charge on any atom is -0.308 e. The van der Waals surface area contributed by atoms with Crippen molar-refractivity contribution in [2.75, 3.05) is 6.54 Å². The Bertz CT molecular complexity index is 311. The Balaban J connectivity index is 2.62. The van der Waals surface area contributed by atoms with E-state index in [1.807, 2.05) is 0 Å². The largest absolute Gasteiger partial charge is 0.308 e. The Morgan fingerprint density at radius 1 is 1.36 bits per heavy atom. The molecule has 1 aromatic rings. The summed E-state index contributed by atoms with van der Waals surface area (Å²) < 4.78 is 0.990. The summed E-state index contributed by atoms with van der Waals surface area (Å²) in [5.41, 5.74) is 4.08. The third-order valence-corrected chi connectivity index (χ3v) is 2.54. The highest BCUT2D eigenvalue weighted by atomic mass is 79.9. The Kier molecular flexibility index (Phi) is 4.36. The number of aryl methyl sites for hydroxylation is 2. The zero-order valence-corrected chi connectivity index (χ0v) is 10.3. The molecule has 2 heteroatoms. The van der Waals surface area contributed by atoms with Gasteiger partial charge in [0.05, 0.1) is 0 Å². The topological polar surface area (TPSA) is 12.0 Å². The van der Waals surface area contributed by atoms with Gasteiger partial charge < -0.3 is 5.32 Å². The number of hydrogen-bond donors (Lipinski definition) is 1. The zero-order valence-electron chi connectivity index (χ0n) is 8.73. The van der Waals surface area contributed by atoms with Crippen LogP contribution in [0.15, 0.2) is 29.3 Å². The van der Waals surface area contributed by atoms with Crippen LogP contribution in [0.3, 0.4) is 0 Å². The van der Waals surface area contributed by atoms with E-state index >= 15 is 0 Å². The molecule has 0 amide bonds. The number of benzene rings is 1. The van der Waals surface area contributed by atoms with Crippen molar-refractivity contribution in [1.29, 1.82) is 0 Å². The number of hydrogen-bond acceptors (Lipinski definition) is 1. The van der Waals surface area contributed by atoms with Crippen LogP contribution in [0.2, 0.25) is 0 Å². The number of rotatable bonds is 4. The molecule has 76 valence electrons. The fourth-order valence-electron chi connectivity index (χ4n) is 1.45. The second-order valence-corrected chi connectivity index (χ2v) is 4.61. The van der Waals surface area contributed by atoms with E-state index in [1.54, 1.807) is 0 Å². The van der Waals surface area contributed by atoms with Gasteiger partial charge in [-0.15, -0.1) is 0 Å². The van der Waals surface area contributed by atoms with Crippen molar-refractivity contribution in [3.8, 4) is 0 Å². The first-order chi connectivity index (χ1) is 6.61. The first-order valence-electron chi connectivity index (χ1n) is 4.70. The zero-order chi connectivity index (χ0) is 10.6. The van der Waals surface area contributed by atoms with Crippen molar-refractivity contribution in [2.45, 2.75) is 20.4 Å². The Morgan fingerprint density at radius 2 is 1.93 bits per heavy atom. The van der Waals surface area contributed by atoms with Crippen molar-refractivity contribution in [2.24, 2.45) is 0 Å². The van der Waals surface area contributed by atoms with Gasteiger partial charge in [0, 0.05) is 17.6 Å². The van der Waals surface area contributed by atoms with E-state index in [2.05, 4.69) is 59.9 Å². The Labute approximate surface area is 94.3 Å². The first kappa shape index (κ1) is 11.5. The molecule has 0 aliphatic rings. The molecular formula is C12H16BrN. The molecule has 1 N–H and O–H groups in total. The van der Waals surface area contributed by atoms with Crippen LogP contribution in [0.1, 0.15) is 16.7 Å². The van der Waals surface area contributed by atoms with E-state index < -0.39 is 0 Å². The van der Waals surface area contributed by atoms with E-state index in [4.69, 9.17) is 0 Å². The fourth-order valence-corrected chi connectivity index (χ4v) is 1.65. The molecular weight excluding hydrogens is 238 g/mol. The average Bonchev–Trinajstić information content (AvgIpc) is 2.09. The Morgan fingerprint density at radius 3 is 2.43 bits per heavy atom. The normalized spacial score (nSPS) is 10.2. The van der Waals surface area contributed by atoms with Gasteiger partial charge >= 0.3 is 0 Å². The highest BCUT2D eigenvalue weighted by Gasteiger charge is 2.00. The molecule has 0 saturated carbocycles. The van der Waals surface area contributed by atoms with Crippen LogP contribution in [0.4, 0.5) is 0 Å². The van der Waals surface area contributed by atoms with Gasteiger partial charge in [0.1, 0.15) is 0 Å². The standard InChI is InChI=1S/C12H16BrN/c1-9-5-4-6-10(2)12(9)8-14-7-11(3)13/h4-6,14H,3,7-8H2,1-2H3. The monoisotopic (exact) mass is 253 g/mol. The summed E-state index contributed by atoms with van der Waals surface area (Å²) in [6.07, 6.45) is 0. The van der Waals surface area contributed by atoms with Gasteiger partial charge in [-0.25, -0.2) is 0 Å². The second kappa shape index (κ2) is 5.32. The van der Waals surface area contributed by atoms with Gasteiger partial charge in [-0.05, 0) is 30.5 Å². The maximum Gasteiger partial charge on any atom is 0.0268 e. The van der Waals surface area contributed by atoms with Crippen LogP contribution in [0.25, 0.3) is 0 Å². The summed E-state index contributed by atoms with van der Waals surface area (Å²) in [5.74, 6) is 0. The summed E-state index contributed by atoms with van der Waals surface area (Å²) in [6, 6.07) is 6.39. The maximum atomic E-state index is 3.79. The molecule has 0 heterocycles. The molecule has 0 fully saturated rings. The molecule has 0 aliphatic heterocycles. The lowest BCUT2D eigenvalue weighted by Gasteiger charge is -2.10. The molecule has 1 aromatic carbocycles. The van der Waals surface area contributed by atoms with E-state index in [0.29, 0.717) is 0 Å².